The molecule has 2 rings (SSSR count). The Morgan fingerprint density at radius 2 is 1.77 bits per heavy atom. The Bertz CT molecular complexity index is 961. The summed E-state index contributed by atoms with van der Waals surface area (Å²) in [5, 5.41) is 5.45. The van der Waals surface area contributed by atoms with Gasteiger partial charge in [-0.3, -0.25) is 0 Å². The van der Waals surface area contributed by atoms with Crippen LogP contribution in [0.5, 0.6) is 5.75 Å². The van der Waals surface area contributed by atoms with Crippen molar-refractivity contribution in [1.82, 2.24) is 14.9 Å². The number of nitrogens with zero attached hydrogens (tertiary/aromatic N) is 1. The molecule has 7 nitrogen and oxygen atoms in total. The van der Waals surface area contributed by atoms with Crippen LogP contribution in [0, 0.1) is 5.82 Å². The Morgan fingerprint density at radius 3 is 2.30 bits per heavy atom. The van der Waals surface area contributed by atoms with Crippen LogP contribution in [-0.2, 0) is 16.6 Å². The lowest BCUT2D eigenvalue weighted by molar-refractivity contribution is 0.237. The molecule has 0 bridgehead atoms. The van der Waals surface area contributed by atoms with Crippen molar-refractivity contribution < 1.29 is 22.3 Å². The molecule has 0 aromatic heterocycles. The van der Waals surface area contributed by atoms with Crippen LogP contribution in [0.4, 0.5) is 9.18 Å². The first kappa shape index (κ1) is 23.6. The van der Waals surface area contributed by atoms with Crippen molar-refractivity contribution in [2.75, 3.05) is 20.2 Å². The van der Waals surface area contributed by atoms with E-state index in [9.17, 15) is 17.6 Å². The number of hydrogen-bond donors (Lipinski definition) is 2. The topological polar surface area (TPSA) is 87.7 Å². The van der Waals surface area contributed by atoms with Crippen LogP contribution in [0.3, 0.4) is 0 Å². The minimum absolute atomic E-state index is 0.142. The van der Waals surface area contributed by atoms with Crippen molar-refractivity contribution in [3.05, 3.63) is 59.4 Å². The molecule has 0 unspecified atom stereocenters. The summed E-state index contributed by atoms with van der Waals surface area (Å²) in [6.07, 6.45) is 0. The lowest BCUT2D eigenvalue weighted by atomic mass is 10.1. The Kier molecular flexibility index (Phi) is 8.19. The Morgan fingerprint density at radius 1 is 1.13 bits per heavy atom. The first-order valence-electron chi connectivity index (χ1n) is 9.69. The van der Waals surface area contributed by atoms with Crippen molar-refractivity contribution in [1.29, 1.82) is 0 Å². The highest BCUT2D eigenvalue weighted by Crippen LogP contribution is 2.20. The normalized spacial score (nSPS) is 12.5. The third-order valence-electron chi connectivity index (χ3n) is 4.74. The molecule has 0 heterocycles. The maximum Gasteiger partial charge on any atom is 0.315 e. The van der Waals surface area contributed by atoms with E-state index in [1.807, 2.05) is 0 Å². The van der Waals surface area contributed by atoms with E-state index in [4.69, 9.17) is 4.74 Å². The van der Waals surface area contributed by atoms with Gasteiger partial charge in [0.1, 0.15) is 0 Å². The number of sulfonamides is 1. The molecule has 2 aromatic carbocycles. The van der Waals surface area contributed by atoms with Gasteiger partial charge < -0.3 is 15.4 Å². The van der Waals surface area contributed by atoms with Gasteiger partial charge in [0, 0.05) is 19.6 Å². The first-order valence-corrected chi connectivity index (χ1v) is 11.1. The summed E-state index contributed by atoms with van der Waals surface area (Å²) >= 11 is 0. The van der Waals surface area contributed by atoms with Gasteiger partial charge in [0.05, 0.1) is 18.0 Å². The number of ether oxygens (including phenoxy) is 1. The third kappa shape index (κ3) is 5.70. The van der Waals surface area contributed by atoms with Gasteiger partial charge in [-0.2, -0.15) is 4.31 Å². The summed E-state index contributed by atoms with van der Waals surface area (Å²) in [4.78, 5) is 12.4. The van der Waals surface area contributed by atoms with E-state index in [0.29, 0.717) is 18.7 Å². The fourth-order valence-electron chi connectivity index (χ4n) is 2.97. The maximum absolute atomic E-state index is 13.7. The first-order chi connectivity index (χ1) is 14.2. The lowest BCUT2D eigenvalue weighted by Crippen LogP contribution is -2.36. The summed E-state index contributed by atoms with van der Waals surface area (Å²) in [5.41, 5.74) is 1.36. The highest BCUT2D eigenvalue weighted by atomic mass is 32.2. The zero-order valence-electron chi connectivity index (χ0n) is 17.6. The van der Waals surface area contributed by atoms with Gasteiger partial charge in [0.15, 0.2) is 11.6 Å². The van der Waals surface area contributed by atoms with Gasteiger partial charge in [-0.1, -0.05) is 32.0 Å². The van der Waals surface area contributed by atoms with Crippen LogP contribution in [0.15, 0.2) is 47.4 Å². The SMILES string of the molecule is CCN(CC)S(=O)(=O)c1ccc([C@H](C)NC(=O)NCc2ccc(OC)c(F)c2)cc1. The van der Waals surface area contributed by atoms with Crippen molar-refractivity contribution in [2.24, 2.45) is 0 Å². The van der Waals surface area contributed by atoms with Gasteiger partial charge in [0.2, 0.25) is 10.0 Å². The summed E-state index contributed by atoms with van der Waals surface area (Å²) in [7, 11) is -2.13. The van der Waals surface area contributed by atoms with Crippen molar-refractivity contribution in [2.45, 2.75) is 38.3 Å². The van der Waals surface area contributed by atoms with Gasteiger partial charge in [-0.15, -0.1) is 0 Å². The summed E-state index contributed by atoms with van der Waals surface area (Å²) < 4.78 is 45.1. The minimum atomic E-state index is -3.52. The molecule has 2 amide bonds. The van der Waals surface area contributed by atoms with Crippen LogP contribution in [0.2, 0.25) is 0 Å². The molecule has 0 fully saturated rings. The molecule has 0 radical (unpaired) electrons. The van der Waals surface area contributed by atoms with Gasteiger partial charge in [0.25, 0.3) is 0 Å². The smallest absolute Gasteiger partial charge is 0.315 e. The van der Waals surface area contributed by atoms with E-state index in [1.165, 1.54) is 23.5 Å². The number of nitrogens with one attached hydrogen (secondary N) is 2. The molecular formula is C21H28FN3O4S. The molecule has 164 valence electrons. The van der Waals surface area contributed by atoms with Crippen LogP contribution in [0.25, 0.3) is 0 Å². The monoisotopic (exact) mass is 437 g/mol. The third-order valence-corrected chi connectivity index (χ3v) is 6.80. The van der Waals surface area contributed by atoms with Crippen molar-refractivity contribution in [3.8, 4) is 5.75 Å². The van der Waals surface area contributed by atoms with Crippen molar-refractivity contribution in [3.63, 3.8) is 0 Å². The van der Waals surface area contributed by atoms with E-state index in [2.05, 4.69) is 10.6 Å². The number of rotatable bonds is 9. The fourth-order valence-corrected chi connectivity index (χ4v) is 4.43. The molecule has 0 spiro atoms. The number of halogens is 1. The molecule has 0 saturated heterocycles. The Hall–Kier alpha value is -2.65. The number of hydrogen-bond acceptors (Lipinski definition) is 4. The predicted molar refractivity (Wildman–Crippen MR) is 113 cm³/mol. The average molecular weight is 438 g/mol. The number of urea groups is 1. The molecule has 2 N–H and O–H groups in total. The Balaban J connectivity index is 1.96. The standard InChI is InChI=1S/C21H28FN3O4S/c1-5-25(6-2)30(27,28)18-10-8-17(9-11-18)15(3)24-21(26)23-14-16-7-12-20(29-4)19(22)13-16/h7-13,15H,5-6,14H2,1-4H3,(H2,23,24,26)/t15-/m0/s1. The van der Waals surface area contributed by atoms with Crippen LogP contribution in [0.1, 0.15) is 37.9 Å². The quantitative estimate of drug-likeness (QED) is 0.629. The van der Waals surface area contributed by atoms with E-state index in [1.54, 1.807) is 51.1 Å². The number of benzene rings is 2. The number of carbonyl (C=O) groups excluding carboxylic acids is 1. The molecule has 2 aromatic rings. The second-order valence-corrected chi connectivity index (χ2v) is 8.61. The van der Waals surface area contributed by atoms with E-state index >= 15 is 0 Å². The number of amides is 2. The molecule has 0 saturated carbocycles. The zero-order valence-corrected chi connectivity index (χ0v) is 18.4. The van der Waals surface area contributed by atoms with Gasteiger partial charge in [-0.25, -0.2) is 17.6 Å². The van der Waals surface area contributed by atoms with E-state index in [0.717, 1.165) is 5.56 Å². The summed E-state index contributed by atoms with van der Waals surface area (Å²) in [6, 6.07) is 10.2. The van der Waals surface area contributed by atoms with Crippen LogP contribution >= 0.6 is 0 Å². The Labute approximate surface area is 177 Å². The minimum Gasteiger partial charge on any atom is -0.494 e. The van der Waals surface area contributed by atoms with E-state index in [-0.39, 0.29) is 23.2 Å². The highest BCUT2D eigenvalue weighted by molar-refractivity contribution is 7.89. The molecule has 1 atom stereocenters. The summed E-state index contributed by atoms with van der Waals surface area (Å²) in [5.74, 6) is -0.353. The molecule has 0 aliphatic heterocycles. The second kappa shape index (κ2) is 10.4. The molecule has 0 aliphatic rings. The van der Waals surface area contributed by atoms with Crippen LogP contribution in [-0.4, -0.2) is 39.0 Å². The maximum atomic E-state index is 13.7. The average Bonchev–Trinajstić information content (AvgIpc) is 2.73. The molecule has 0 aliphatic carbocycles. The predicted octanol–water partition coefficient (Wildman–Crippen LogP) is 3.43. The van der Waals surface area contributed by atoms with Crippen molar-refractivity contribution >= 4 is 16.1 Å². The van der Waals surface area contributed by atoms with E-state index < -0.39 is 21.9 Å². The van der Waals surface area contributed by atoms with Gasteiger partial charge >= 0.3 is 6.03 Å². The summed E-state index contributed by atoms with van der Waals surface area (Å²) in [6.45, 7) is 6.33. The molecule has 30 heavy (non-hydrogen) atoms. The van der Waals surface area contributed by atoms with Gasteiger partial charge in [-0.05, 0) is 42.3 Å². The fraction of sp³-hybridized carbons (Fsp3) is 0.381. The van der Waals surface area contributed by atoms with Crippen LogP contribution < -0.4 is 15.4 Å². The largest absolute Gasteiger partial charge is 0.494 e. The highest BCUT2D eigenvalue weighted by Gasteiger charge is 2.21. The molecule has 9 heteroatoms. The lowest BCUT2D eigenvalue weighted by Gasteiger charge is -2.19. The zero-order chi connectivity index (χ0) is 22.3. The number of methoxy groups -OCH3 is 1. The second-order valence-electron chi connectivity index (χ2n) is 6.68. The number of carbonyl (C=O) groups is 1. The molecular weight excluding hydrogens is 409 g/mol.